The minimum atomic E-state index is -0.843. The summed E-state index contributed by atoms with van der Waals surface area (Å²) in [6.45, 7) is 1.44. The maximum Gasteiger partial charge on any atom is 0.313 e. The number of nitrogens with zero attached hydrogens (tertiary/aromatic N) is 5. The van der Waals surface area contributed by atoms with E-state index in [9.17, 15) is 4.79 Å². The number of thioether (sulfide) groups is 1. The highest BCUT2D eigenvalue weighted by atomic mass is 32.2. The molecule has 2 aromatic rings. The van der Waals surface area contributed by atoms with Gasteiger partial charge < -0.3 is 9.67 Å². The molecule has 0 aromatic carbocycles. The Balaban J connectivity index is 1.74. The van der Waals surface area contributed by atoms with Crippen LogP contribution in [-0.4, -0.2) is 41.4 Å². The molecule has 2 aromatic heterocycles. The summed E-state index contributed by atoms with van der Waals surface area (Å²) in [7, 11) is 0. The summed E-state index contributed by atoms with van der Waals surface area (Å²) in [4.78, 5) is 10.7. The van der Waals surface area contributed by atoms with Crippen LogP contribution in [0.15, 0.2) is 23.6 Å². The molecular weight excluding hydrogens is 278 g/mol. The van der Waals surface area contributed by atoms with Crippen molar-refractivity contribution < 1.29 is 9.90 Å². The lowest BCUT2D eigenvalue weighted by atomic mass is 10.4. The minimum absolute atomic E-state index is 0.00453. The maximum absolute atomic E-state index is 10.7. The summed E-state index contributed by atoms with van der Waals surface area (Å²) in [6.07, 6.45) is 5.94. The molecule has 0 atom stereocenters. The highest BCUT2D eigenvalue weighted by molar-refractivity contribution is 7.99. The molecule has 1 aliphatic carbocycles. The zero-order valence-electron chi connectivity index (χ0n) is 10.8. The second-order valence-electron chi connectivity index (χ2n) is 4.72. The van der Waals surface area contributed by atoms with Gasteiger partial charge in [-0.05, 0) is 18.9 Å². The molecular formula is C12H15N5O2S. The van der Waals surface area contributed by atoms with Gasteiger partial charge in [0, 0.05) is 24.9 Å². The van der Waals surface area contributed by atoms with Crippen LogP contribution in [0.2, 0.25) is 0 Å². The number of hydrogen-bond acceptors (Lipinski definition) is 5. The van der Waals surface area contributed by atoms with Gasteiger partial charge in [0.2, 0.25) is 0 Å². The first-order valence-electron chi connectivity index (χ1n) is 6.49. The first kappa shape index (κ1) is 13.2. The summed E-state index contributed by atoms with van der Waals surface area (Å²) in [5.74, 6) is 0.624. The summed E-state index contributed by atoms with van der Waals surface area (Å²) in [6, 6.07) is 1.88. The van der Waals surface area contributed by atoms with Crippen LogP contribution < -0.4 is 0 Å². The number of carbonyl (C=O) groups is 1. The first-order chi connectivity index (χ1) is 9.74. The third kappa shape index (κ3) is 3.01. The second kappa shape index (κ2) is 5.66. The maximum atomic E-state index is 10.7. The van der Waals surface area contributed by atoms with Gasteiger partial charge in [-0.3, -0.25) is 9.48 Å². The molecule has 106 valence electrons. The third-order valence-corrected chi connectivity index (χ3v) is 4.08. The number of aliphatic carboxylic acids is 1. The highest BCUT2D eigenvalue weighted by Crippen LogP contribution is 2.40. The third-order valence-electron chi connectivity index (χ3n) is 3.12. The Morgan fingerprint density at radius 3 is 2.90 bits per heavy atom. The SMILES string of the molecule is O=C(O)CSc1nnc(C2CC2)n1CCn1cccn1. The molecule has 3 rings (SSSR count). The van der Waals surface area contributed by atoms with E-state index in [1.165, 1.54) is 11.8 Å². The zero-order chi connectivity index (χ0) is 13.9. The van der Waals surface area contributed by atoms with Gasteiger partial charge in [-0.25, -0.2) is 0 Å². The molecule has 20 heavy (non-hydrogen) atoms. The van der Waals surface area contributed by atoms with E-state index in [1.807, 2.05) is 21.5 Å². The summed E-state index contributed by atoms with van der Waals surface area (Å²) >= 11 is 1.22. The Hall–Kier alpha value is -1.83. The largest absolute Gasteiger partial charge is 0.481 e. The highest BCUT2D eigenvalue weighted by Gasteiger charge is 2.30. The Bertz CT molecular complexity index is 591. The lowest BCUT2D eigenvalue weighted by Gasteiger charge is -2.09. The Morgan fingerprint density at radius 1 is 1.40 bits per heavy atom. The monoisotopic (exact) mass is 293 g/mol. The summed E-state index contributed by atoms with van der Waals surface area (Å²) < 4.78 is 3.88. The first-order valence-corrected chi connectivity index (χ1v) is 7.47. The predicted octanol–water partition coefficient (Wildman–Crippen LogP) is 1.23. The van der Waals surface area contributed by atoms with Gasteiger partial charge in [0.15, 0.2) is 5.16 Å². The molecule has 8 heteroatoms. The van der Waals surface area contributed by atoms with Crippen molar-refractivity contribution in [3.8, 4) is 0 Å². The molecule has 0 aliphatic heterocycles. The smallest absolute Gasteiger partial charge is 0.313 e. The van der Waals surface area contributed by atoms with E-state index in [2.05, 4.69) is 15.3 Å². The zero-order valence-corrected chi connectivity index (χ0v) is 11.7. The molecule has 0 amide bonds. The van der Waals surface area contributed by atoms with E-state index in [0.717, 1.165) is 25.2 Å². The van der Waals surface area contributed by atoms with Gasteiger partial charge in [-0.1, -0.05) is 11.8 Å². The number of rotatable bonds is 7. The number of aryl methyl sites for hydroxylation is 1. The van der Waals surface area contributed by atoms with Crippen molar-refractivity contribution >= 4 is 17.7 Å². The molecule has 0 unspecified atom stereocenters. The lowest BCUT2D eigenvalue weighted by molar-refractivity contribution is -0.133. The van der Waals surface area contributed by atoms with E-state index in [1.54, 1.807) is 6.20 Å². The van der Waals surface area contributed by atoms with Crippen molar-refractivity contribution in [3.63, 3.8) is 0 Å². The molecule has 0 bridgehead atoms. The average Bonchev–Trinajstić information content (AvgIpc) is 2.99. The molecule has 1 aliphatic rings. The summed E-state index contributed by atoms with van der Waals surface area (Å²) in [5, 5.41) is 22.0. The van der Waals surface area contributed by atoms with Crippen LogP contribution in [0.5, 0.6) is 0 Å². The average molecular weight is 293 g/mol. The fourth-order valence-electron chi connectivity index (χ4n) is 2.02. The molecule has 2 heterocycles. The second-order valence-corrected chi connectivity index (χ2v) is 5.66. The van der Waals surface area contributed by atoms with Crippen LogP contribution >= 0.6 is 11.8 Å². The van der Waals surface area contributed by atoms with Crippen LogP contribution in [0.25, 0.3) is 0 Å². The van der Waals surface area contributed by atoms with Gasteiger partial charge in [-0.2, -0.15) is 5.10 Å². The molecule has 0 spiro atoms. The van der Waals surface area contributed by atoms with Gasteiger partial charge >= 0.3 is 5.97 Å². The standard InChI is InChI=1S/C12H15N5O2S/c18-10(19)8-20-12-15-14-11(9-2-3-9)17(12)7-6-16-5-1-4-13-16/h1,4-5,9H,2-3,6-8H2,(H,18,19). The molecule has 7 nitrogen and oxygen atoms in total. The number of carboxylic acids is 1. The Labute approximate surface area is 120 Å². The predicted molar refractivity (Wildman–Crippen MR) is 72.6 cm³/mol. The van der Waals surface area contributed by atoms with E-state index in [0.29, 0.717) is 17.6 Å². The van der Waals surface area contributed by atoms with Gasteiger partial charge in [0.05, 0.1) is 12.3 Å². The van der Waals surface area contributed by atoms with E-state index >= 15 is 0 Å². The molecule has 0 radical (unpaired) electrons. The van der Waals surface area contributed by atoms with Crippen molar-refractivity contribution in [2.75, 3.05) is 5.75 Å². The molecule has 1 N–H and O–H groups in total. The van der Waals surface area contributed by atoms with Crippen LogP contribution in [0.4, 0.5) is 0 Å². The van der Waals surface area contributed by atoms with Gasteiger partial charge in [-0.15, -0.1) is 10.2 Å². The summed E-state index contributed by atoms with van der Waals surface area (Å²) in [5.41, 5.74) is 0. The number of hydrogen-bond donors (Lipinski definition) is 1. The van der Waals surface area contributed by atoms with Crippen LogP contribution in [0.1, 0.15) is 24.6 Å². The van der Waals surface area contributed by atoms with Crippen molar-refractivity contribution in [1.82, 2.24) is 24.5 Å². The van der Waals surface area contributed by atoms with E-state index in [4.69, 9.17) is 5.11 Å². The topological polar surface area (TPSA) is 85.8 Å². The van der Waals surface area contributed by atoms with Crippen molar-refractivity contribution in [3.05, 3.63) is 24.3 Å². The minimum Gasteiger partial charge on any atom is -0.481 e. The Morgan fingerprint density at radius 2 is 2.25 bits per heavy atom. The van der Waals surface area contributed by atoms with Crippen molar-refractivity contribution in [2.45, 2.75) is 37.0 Å². The van der Waals surface area contributed by atoms with Crippen LogP contribution in [0.3, 0.4) is 0 Å². The van der Waals surface area contributed by atoms with E-state index < -0.39 is 5.97 Å². The van der Waals surface area contributed by atoms with Gasteiger partial charge in [0.25, 0.3) is 0 Å². The van der Waals surface area contributed by atoms with Gasteiger partial charge in [0.1, 0.15) is 5.82 Å². The fourth-order valence-corrected chi connectivity index (χ4v) is 2.71. The van der Waals surface area contributed by atoms with E-state index in [-0.39, 0.29) is 5.75 Å². The molecule has 1 saturated carbocycles. The molecule has 0 saturated heterocycles. The fraction of sp³-hybridized carbons (Fsp3) is 0.500. The van der Waals surface area contributed by atoms with Crippen molar-refractivity contribution in [1.29, 1.82) is 0 Å². The lowest BCUT2D eigenvalue weighted by Crippen LogP contribution is -2.12. The van der Waals surface area contributed by atoms with Crippen molar-refractivity contribution in [2.24, 2.45) is 0 Å². The quantitative estimate of drug-likeness (QED) is 0.773. The van der Waals surface area contributed by atoms with Crippen LogP contribution in [-0.2, 0) is 17.9 Å². The Kier molecular flexibility index (Phi) is 3.72. The van der Waals surface area contributed by atoms with Crippen LogP contribution in [0, 0.1) is 0 Å². The number of aromatic nitrogens is 5. The normalized spacial score (nSPS) is 14.6. The number of carboxylic acid groups (broad SMARTS) is 1. The molecule has 1 fully saturated rings.